The number of carbonyl (C=O) groups is 2. The van der Waals surface area contributed by atoms with E-state index >= 15 is 0 Å². The predicted molar refractivity (Wildman–Crippen MR) is 104 cm³/mol. The third-order valence-corrected chi connectivity index (χ3v) is 4.62. The molecule has 0 aromatic heterocycles. The van der Waals surface area contributed by atoms with Crippen LogP contribution in [-0.2, 0) is 14.3 Å². The monoisotopic (exact) mass is 376 g/mol. The molecule has 6 heteroatoms. The first-order chi connectivity index (χ1) is 12.7. The quantitative estimate of drug-likeness (QED) is 0.797. The average molecular weight is 376 g/mol. The van der Waals surface area contributed by atoms with E-state index in [1.807, 2.05) is 39.0 Å². The van der Waals surface area contributed by atoms with E-state index in [-0.39, 0.29) is 24.1 Å². The Kier molecular flexibility index (Phi) is 7.25. The molecule has 0 aliphatic carbocycles. The van der Waals surface area contributed by atoms with Crippen molar-refractivity contribution in [3.8, 4) is 0 Å². The summed E-state index contributed by atoms with van der Waals surface area (Å²) in [6, 6.07) is 10.2. The molecule has 1 N–H and O–H groups in total. The highest BCUT2D eigenvalue weighted by atomic mass is 16.6. The molecule has 1 aliphatic rings. The van der Waals surface area contributed by atoms with Gasteiger partial charge in [0, 0.05) is 25.2 Å². The van der Waals surface area contributed by atoms with Crippen molar-refractivity contribution in [1.82, 2.24) is 10.2 Å². The highest BCUT2D eigenvalue weighted by Gasteiger charge is 2.38. The van der Waals surface area contributed by atoms with E-state index in [0.717, 1.165) is 5.56 Å². The summed E-state index contributed by atoms with van der Waals surface area (Å²) < 4.78 is 10.7. The number of hydrogen-bond acceptors (Lipinski definition) is 5. The number of hydrogen-bond donors (Lipinski definition) is 1. The zero-order chi connectivity index (χ0) is 20.0. The SMILES string of the molecule is CCOC(=O)[C@@H]1CN(C(=O)OC(C)(C)C)CC[C@@H]1NC(C)c1ccccc1. The topological polar surface area (TPSA) is 67.9 Å². The Labute approximate surface area is 162 Å². The number of likely N-dealkylation sites (tertiary alicyclic amines) is 1. The molecule has 1 saturated heterocycles. The minimum Gasteiger partial charge on any atom is -0.466 e. The Hall–Kier alpha value is -2.08. The Bertz CT molecular complexity index is 627. The lowest BCUT2D eigenvalue weighted by Crippen LogP contribution is -2.55. The van der Waals surface area contributed by atoms with Crippen LogP contribution in [0.3, 0.4) is 0 Å². The van der Waals surface area contributed by atoms with Gasteiger partial charge in [0.25, 0.3) is 0 Å². The number of carbonyl (C=O) groups excluding carboxylic acids is 2. The van der Waals surface area contributed by atoms with Crippen molar-refractivity contribution in [2.24, 2.45) is 5.92 Å². The van der Waals surface area contributed by atoms with E-state index in [9.17, 15) is 9.59 Å². The van der Waals surface area contributed by atoms with Crippen molar-refractivity contribution in [2.45, 2.75) is 58.7 Å². The van der Waals surface area contributed by atoms with Gasteiger partial charge in [0.1, 0.15) is 5.60 Å². The summed E-state index contributed by atoms with van der Waals surface area (Å²) in [7, 11) is 0. The summed E-state index contributed by atoms with van der Waals surface area (Å²) in [5.74, 6) is -0.694. The van der Waals surface area contributed by atoms with Gasteiger partial charge in [0.05, 0.1) is 12.5 Å². The fraction of sp³-hybridized carbons (Fsp3) is 0.619. The van der Waals surface area contributed by atoms with Gasteiger partial charge in [0.15, 0.2) is 0 Å². The highest BCUT2D eigenvalue weighted by molar-refractivity contribution is 5.76. The third-order valence-electron chi connectivity index (χ3n) is 4.62. The van der Waals surface area contributed by atoms with Gasteiger partial charge in [-0.15, -0.1) is 0 Å². The molecule has 1 aromatic carbocycles. The van der Waals surface area contributed by atoms with E-state index in [0.29, 0.717) is 26.1 Å². The van der Waals surface area contributed by atoms with Crippen LogP contribution >= 0.6 is 0 Å². The maximum atomic E-state index is 12.5. The second-order valence-electron chi connectivity index (χ2n) is 7.98. The molecule has 1 heterocycles. The van der Waals surface area contributed by atoms with Gasteiger partial charge in [-0.1, -0.05) is 30.3 Å². The number of piperidine rings is 1. The molecule has 150 valence electrons. The van der Waals surface area contributed by atoms with Crippen LogP contribution < -0.4 is 5.32 Å². The fourth-order valence-corrected chi connectivity index (χ4v) is 3.29. The number of benzene rings is 1. The van der Waals surface area contributed by atoms with Crippen LogP contribution in [0.25, 0.3) is 0 Å². The average Bonchev–Trinajstić information content (AvgIpc) is 2.61. The molecule has 2 rings (SSSR count). The molecule has 1 unspecified atom stereocenters. The number of rotatable bonds is 5. The normalized spacial score (nSPS) is 21.4. The summed E-state index contributed by atoms with van der Waals surface area (Å²) in [5, 5.41) is 3.55. The van der Waals surface area contributed by atoms with E-state index < -0.39 is 11.5 Å². The number of esters is 1. The molecule has 1 aromatic rings. The van der Waals surface area contributed by atoms with Gasteiger partial charge in [-0.2, -0.15) is 0 Å². The summed E-state index contributed by atoms with van der Waals surface area (Å²) >= 11 is 0. The first-order valence-electron chi connectivity index (χ1n) is 9.67. The van der Waals surface area contributed by atoms with Crippen LogP contribution in [0.5, 0.6) is 0 Å². The largest absolute Gasteiger partial charge is 0.466 e. The van der Waals surface area contributed by atoms with Crippen LogP contribution in [0.4, 0.5) is 4.79 Å². The third kappa shape index (κ3) is 6.24. The lowest BCUT2D eigenvalue weighted by molar-refractivity contribution is -0.151. The molecule has 0 bridgehead atoms. The summed E-state index contributed by atoms with van der Waals surface area (Å²) in [6.45, 7) is 10.6. The maximum Gasteiger partial charge on any atom is 0.410 e. The van der Waals surface area contributed by atoms with Crippen LogP contribution in [0.15, 0.2) is 30.3 Å². The number of amides is 1. The van der Waals surface area contributed by atoms with Crippen molar-refractivity contribution >= 4 is 12.1 Å². The molecule has 1 amide bonds. The number of nitrogens with one attached hydrogen (secondary N) is 1. The molecular formula is C21H32N2O4. The Morgan fingerprint density at radius 2 is 1.93 bits per heavy atom. The smallest absolute Gasteiger partial charge is 0.410 e. The number of ether oxygens (including phenoxy) is 2. The second kappa shape index (κ2) is 9.22. The Morgan fingerprint density at radius 1 is 1.26 bits per heavy atom. The number of nitrogens with zero attached hydrogens (tertiary/aromatic N) is 1. The van der Waals surface area contributed by atoms with Crippen LogP contribution in [0, 0.1) is 5.92 Å². The summed E-state index contributed by atoms with van der Waals surface area (Å²) in [4.78, 5) is 26.6. The maximum absolute atomic E-state index is 12.5. The fourth-order valence-electron chi connectivity index (χ4n) is 3.29. The highest BCUT2D eigenvalue weighted by Crippen LogP contribution is 2.24. The lowest BCUT2D eigenvalue weighted by atomic mass is 9.91. The van der Waals surface area contributed by atoms with Gasteiger partial charge in [0.2, 0.25) is 0 Å². The van der Waals surface area contributed by atoms with Crippen molar-refractivity contribution in [1.29, 1.82) is 0 Å². The molecule has 3 atom stereocenters. The van der Waals surface area contributed by atoms with E-state index in [1.165, 1.54) is 0 Å². The molecule has 0 radical (unpaired) electrons. The van der Waals surface area contributed by atoms with Crippen molar-refractivity contribution in [3.63, 3.8) is 0 Å². The molecule has 1 fully saturated rings. The van der Waals surface area contributed by atoms with Gasteiger partial charge < -0.3 is 19.7 Å². The van der Waals surface area contributed by atoms with Gasteiger partial charge in [-0.25, -0.2) is 4.79 Å². The second-order valence-corrected chi connectivity index (χ2v) is 7.98. The molecule has 27 heavy (non-hydrogen) atoms. The molecule has 0 saturated carbocycles. The zero-order valence-corrected chi connectivity index (χ0v) is 17.0. The molecule has 0 spiro atoms. The zero-order valence-electron chi connectivity index (χ0n) is 17.0. The van der Waals surface area contributed by atoms with E-state index in [4.69, 9.17) is 9.47 Å². The van der Waals surface area contributed by atoms with E-state index in [1.54, 1.807) is 11.8 Å². The predicted octanol–water partition coefficient (Wildman–Crippen LogP) is 3.53. The Morgan fingerprint density at radius 3 is 2.52 bits per heavy atom. The lowest BCUT2D eigenvalue weighted by Gasteiger charge is -2.39. The van der Waals surface area contributed by atoms with Crippen molar-refractivity contribution in [3.05, 3.63) is 35.9 Å². The van der Waals surface area contributed by atoms with Crippen LogP contribution in [-0.4, -0.2) is 48.3 Å². The van der Waals surface area contributed by atoms with E-state index in [2.05, 4.69) is 24.4 Å². The summed E-state index contributed by atoms with van der Waals surface area (Å²) in [6.07, 6.45) is 0.284. The summed E-state index contributed by atoms with van der Waals surface area (Å²) in [5.41, 5.74) is 0.600. The standard InChI is InChI=1S/C21H32N2O4/c1-6-26-19(24)17-14-23(20(25)27-21(3,4)5)13-12-18(17)22-15(2)16-10-8-7-9-11-16/h7-11,15,17-18,22H,6,12-14H2,1-5H3/t15?,17-,18+/m1/s1. The van der Waals surface area contributed by atoms with Gasteiger partial charge in [-0.3, -0.25) is 4.79 Å². The first-order valence-corrected chi connectivity index (χ1v) is 9.67. The van der Waals surface area contributed by atoms with Gasteiger partial charge in [-0.05, 0) is 46.6 Å². The first kappa shape index (κ1) is 21.2. The van der Waals surface area contributed by atoms with Gasteiger partial charge >= 0.3 is 12.1 Å². The minimum atomic E-state index is -0.562. The Balaban J connectivity index is 2.08. The molecular weight excluding hydrogens is 344 g/mol. The van der Waals surface area contributed by atoms with Crippen molar-refractivity contribution < 1.29 is 19.1 Å². The van der Waals surface area contributed by atoms with Crippen molar-refractivity contribution in [2.75, 3.05) is 19.7 Å². The molecule has 1 aliphatic heterocycles. The van der Waals surface area contributed by atoms with Crippen LogP contribution in [0.2, 0.25) is 0 Å². The van der Waals surface area contributed by atoms with Crippen LogP contribution in [0.1, 0.15) is 52.6 Å². The molecule has 6 nitrogen and oxygen atoms in total. The minimum absolute atomic E-state index is 0.0575.